The molecule has 2 nitrogen and oxygen atoms in total. The minimum Gasteiger partial charge on any atom is -0.396 e. The highest BCUT2D eigenvalue weighted by molar-refractivity contribution is 5.46. The average Bonchev–Trinajstić information content (AvgIpc) is 2.29. The molecule has 82 valence electrons. The molecule has 0 amide bonds. The first-order valence-corrected chi connectivity index (χ1v) is 5.41. The second kappa shape index (κ2) is 4.62. The van der Waals surface area contributed by atoms with Gasteiger partial charge in [-0.25, -0.2) is 4.39 Å². The fraction of sp³-hybridized carbons (Fsp3) is 0.500. The Hall–Kier alpha value is -1.09. The highest BCUT2D eigenvalue weighted by atomic mass is 19.1. The van der Waals surface area contributed by atoms with Crippen LogP contribution in [0.25, 0.3) is 0 Å². The maximum atomic E-state index is 13.0. The standard InChI is InChI=1S/C12H16FNO/c13-11-4-1-5-12(7-11)14-6-2-3-10(8-14)9-15/h1,4-5,7,10,15H,2-3,6,8-9H2. The zero-order chi connectivity index (χ0) is 10.7. The molecule has 1 N–H and O–H groups in total. The van der Waals surface area contributed by atoms with Gasteiger partial charge in [0.05, 0.1) is 0 Å². The molecule has 1 fully saturated rings. The Bertz CT molecular complexity index is 329. The second-order valence-electron chi connectivity index (χ2n) is 4.12. The Labute approximate surface area is 89.3 Å². The maximum absolute atomic E-state index is 13.0. The van der Waals surface area contributed by atoms with Gasteiger partial charge in [-0.05, 0) is 37.0 Å². The van der Waals surface area contributed by atoms with E-state index in [0.717, 1.165) is 31.6 Å². The van der Waals surface area contributed by atoms with Crippen LogP contribution in [0.3, 0.4) is 0 Å². The Morgan fingerprint density at radius 3 is 3.07 bits per heavy atom. The largest absolute Gasteiger partial charge is 0.396 e. The highest BCUT2D eigenvalue weighted by Crippen LogP contribution is 2.23. The summed E-state index contributed by atoms with van der Waals surface area (Å²) in [5, 5.41) is 9.11. The van der Waals surface area contributed by atoms with E-state index in [1.54, 1.807) is 12.1 Å². The van der Waals surface area contributed by atoms with Gasteiger partial charge in [0.15, 0.2) is 0 Å². The maximum Gasteiger partial charge on any atom is 0.125 e. The molecule has 2 rings (SSSR count). The molecule has 1 aromatic rings. The molecule has 1 aliphatic rings. The number of hydrogen-bond donors (Lipinski definition) is 1. The molecule has 1 unspecified atom stereocenters. The van der Waals surface area contributed by atoms with Crippen LogP contribution < -0.4 is 4.90 Å². The lowest BCUT2D eigenvalue weighted by molar-refractivity contribution is 0.208. The number of benzene rings is 1. The molecule has 0 saturated carbocycles. The van der Waals surface area contributed by atoms with Gasteiger partial charge in [0.25, 0.3) is 0 Å². The molecule has 1 saturated heterocycles. The Morgan fingerprint density at radius 2 is 2.33 bits per heavy atom. The Balaban J connectivity index is 2.09. The van der Waals surface area contributed by atoms with E-state index in [-0.39, 0.29) is 12.4 Å². The lowest BCUT2D eigenvalue weighted by Gasteiger charge is -2.33. The van der Waals surface area contributed by atoms with Crippen LogP contribution in [0.2, 0.25) is 0 Å². The first-order chi connectivity index (χ1) is 7.29. The molecule has 3 heteroatoms. The molecule has 1 heterocycles. The first-order valence-electron chi connectivity index (χ1n) is 5.41. The van der Waals surface area contributed by atoms with Gasteiger partial charge < -0.3 is 10.0 Å². The summed E-state index contributed by atoms with van der Waals surface area (Å²) in [6.07, 6.45) is 2.14. The second-order valence-corrected chi connectivity index (χ2v) is 4.12. The Kier molecular flexibility index (Phi) is 3.21. The lowest BCUT2D eigenvalue weighted by Crippen LogP contribution is -2.36. The molecule has 1 aromatic carbocycles. The van der Waals surface area contributed by atoms with Crippen LogP contribution in [0.4, 0.5) is 10.1 Å². The summed E-state index contributed by atoms with van der Waals surface area (Å²) < 4.78 is 13.0. The van der Waals surface area contributed by atoms with Crippen molar-refractivity contribution in [2.45, 2.75) is 12.8 Å². The zero-order valence-electron chi connectivity index (χ0n) is 8.69. The van der Waals surface area contributed by atoms with Crippen LogP contribution in [-0.2, 0) is 0 Å². The lowest BCUT2D eigenvalue weighted by atomic mass is 9.98. The van der Waals surface area contributed by atoms with Gasteiger partial charge in [0.2, 0.25) is 0 Å². The molecule has 1 aliphatic heterocycles. The number of aliphatic hydroxyl groups excluding tert-OH is 1. The molecule has 15 heavy (non-hydrogen) atoms. The number of piperidine rings is 1. The van der Waals surface area contributed by atoms with Crippen LogP contribution in [0.1, 0.15) is 12.8 Å². The molecule has 0 aliphatic carbocycles. The van der Waals surface area contributed by atoms with Gasteiger partial charge >= 0.3 is 0 Å². The topological polar surface area (TPSA) is 23.5 Å². The van der Waals surface area contributed by atoms with E-state index in [4.69, 9.17) is 5.11 Å². The molecule has 0 aromatic heterocycles. The molecular formula is C12H16FNO. The fourth-order valence-electron chi connectivity index (χ4n) is 2.12. The van der Waals surface area contributed by atoms with Gasteiger partial charge in [-0.2, -0.15) is 0 Å². The minimum absolute atomic E-state index is 0.196. The molecule has 0 spiro atoms. The predicted molar refractivity (Wildman–Crippen MR) is 58.4 cm³/mol. The van der Waals surface area contributed by atoms with Gasteiger partial charge in [-0.1, -0.05) is 6.07 Å². The number of nitrogens with zero attached hydrogens (tertiary/aromatic N) is 1. The normalized spacial score (nSPS) is 21.7. The zero-order valence-corrected chi connectivity index (χ0v) is 8.69. The van der Waals surface area contributed by atoms with Crippen molar-refractivity contribution in [1.82, 2.24) is 0 Å². The van der Waals surface area contributed by atoms with Crippen LogP contribution in [0.15, 0.2) is 24.3 Å². The molecular weight excluding hydrogens is 193 g/mol. The monoisotopic (exact) mass is 209 g/mol. The third-order valence-corrected chi connectivity index (χ3v) is 2.95. The fourth-order valence-corrected chi connectivity index (χ4v) is 2.12. The van der Waals surface area contributed by atoms with Gasteiger partial charge in [0, 0.05) is 25.4 Å². The minimum atomic E-state index is -0.196. The van der Waals surface area contributed by atoms with Gasteiger partial charge in [-0.3, -0.25) is 0 Å². The molecule has 0 bridgehead atoms. The molecule has 0 radical (unpaired) electrons. The van der Waals surface area contributed by atoms with Crippen molar-refractivity contribution in [3.63, 3.8) is 0 Å². The van der Waals surface area contributed by atoms with E-state index in [9.17, 15) is 4.39 Å². The van der Waals surface area contributed by atoms with Crippen LogP contribution in [0, 0.1) is 11.7 Å². The van der Waals surface area contributed by atoms with Crippen LogP contribution in [0.5, 0.6) is 0 Å². The van der Waals surface area contributed by atoms with Crippen molar-refractivity contribution in [2.24, 2.45) is 5.92 Å². The van der Waals surface area contributed by atoms with Crippen molar-refractivity contribution >= 4 is 5.69 Å². The van der Waals surface area contributed by atoms with Crippen molar-refractivity contribution in [2.75, 3.05) is 24.6 Å². The van der Waals surface area contributed by atoms with Crippen molar-refractivity contribution in [1.29, 1.82) is 0 Å². The number of hydrogen-bond acceptors (Lipinski definition) is 2. The van der Waals surface area contributed by atoms with Crippen molar-refractivity contribution < 1.29 is 9.50 Å². The van der Waals surface area contributed by atoms with Gasteiger partial charge in [0.1, 0.15) is 5.82 Å². The summed E-state index contributed by atoms with van der Waals surface area (Å²) in [6.45, 7) is 2.02. The number of anilines is 1. The smallest absolute Gasteiger partial charge is 0.125 e. The third-order valence-electron chi connectivity index (χ3n) is 2.95. The number of rotatable bonds is 2. The van der Waals surface area contributed by atoms with Crippen LogP contribution in [-0.4, -0.2) is 24.8 Å². The summed E-state index contributed by atoms with van der Waals surface area (Å²) in [6, 6.07) is 6.66. The molecule has 1 atom stereocenters. The summed E-state index contributed by atoms with van der Waals surface area (Å²) in [5.74, 6) is 0.139. The van der Waals surface area contributed by atoms with E-state index in [1.807, 2.05) is 6.07 Å². The highest BCUT2D eigenvalue weighted by Gasteiger charge is 2.19. The summed E-state index contributed by atoms with van der Waals surface area (Å²) in [5.41, 5.74) is 0.924. The quantitative estimate of drug-likeness (QED) is 0.805. The summed E-state index contributed by atoms with van der Waals surface area (Å²) in [4.78, 5) is 2.15. The average molecular weight is 209 g/mol. The van der Waals surface area contributed by atoms with E-state index in [2.05, 4.69) is 4.90 Å². The first kappa shape index (κ1) is 10.4. The number of aliphatic hydroxyl groups is 1. The summed E-state index contributed by atoms with van der Waals surface area (Å²) >= 11 is 0. The van der Waals surface area contributed by atoms with E-state index >= 15 is 0 Å². The predicted octanol–water partition coefficient (Wildman–Crippen LogP) is 2.03. The van der Waals surface area contributed by atoms with E-state index in [1.165, 1.54) is 6.07 Å². The number of halogens is 1. The SMILES string of the molecule is OCC1CCCN(c2cccc(F)c2)C1. The van der Waals surface area contributed by atoms with E-state index < -0.39 is 0 Å². The van der Waals surface area contributed by atoms with Gasteiger partial charge in [-0.15, -0.1) is 0 Å². The van der Waals surface area contributed by atoms with E-state index in [0.29, 0.717) is 5.92 Å². The Morgan fingerprint density at radius 1 is 1.47 bits per heavy atom. The summed E-state index contributed by atoms with van der Waals surface area (Å²) in [7, 11) is 0. The van der Waals surface area contributed by atoms with Crippen LogP contribution >= 0.6 is 0 Å². The van der Waals surface area contributed by atoms with Crippen molar-refractivity contribution in [3.05, 3.63) is 30.1 Å². The third kappa shape index (κ3) is 2.48. The van der Waals surface area contributed by atoms with Crippen molar-refractivity contribution in [3.8, 4) is 0 Å².